The molecule has 1 aliphatic rings. The number of nitrogens with zero attached hydrogens (tertiary/aromatic N) is 2. The zero-order valence-electron chi connectivity index (χ0n) is 13.5. The normalized spacial score (nSPS) is 16.2. The molecule has 0 radical (unpaired) electrons. The second-order valence-electron chi connectivity index (χ2n) is 5.88. The van der Waals surface area contributed by atoms with Gasteiger partial charge >= 0.3 is 0 Å². The van der Waals surface area contributed by atoms with E-state index in [-0.39, 0.29) is 18.3 Å². The summed E-state index contributed by atoms with van der Waals surface area (Å²) in [6.07, 6.45) is 1.30. The minimum absolute atomic E-state index is 0. The number of aromatic amines is 1. The number of halogens is 1. The van der Waals surface area contributed by atoms with Crippen LogP contribution >= 0.6 is 12.4 Å². The Hall–Kier alpha value is -1.96. The first-order valence-corrected chi connectivity index (χ1v) is 7.72. The van der Waals surface area contributed by atoms with Crippen molar-refractivity contribution < 1.29 is 9.53 Å². The molecule has 0 saturated carbocycles. The number of hydrogen-bond donors (Lipinski definition) is 3. The molecule has 1 fully saturated rings. The Morgan fingerprint density at radius 1 is 1.42 bits per heavy atom. The van der Waals surface area contributed by atoms with Crippen LogP contribution in [0.4, 0.5) is 5.69 Å². The number of aromatic nitrogens is 3. The molecule has 4 N–H and O–H groups in total. The van der Waals surface area contributed by atoms with Gasteiger partial charge in [-0.15, -0.1) is 12.4 Å². The van der Waals surface area contributed by atoms with E-state index >= 15 is 0 Å². The van der Waals surface area contributed by atoms with Gasteiger partial charge < -0.3 is 15.8 Å². The van der Waals surface area contributed by atoms with Crippen molar-refractivity contribution >= 4 is 24.0 Å². The smallest absolute Gasteiger partial charge is 0.232 e. The van der Waals surface area contributed by atoms with Gasteiger partial charge in [0.1, 0.15) is 5.82 Å². The number of anilines is 1. The molecule has 1 aliphatic heterocycles. The zero-order chi connectivity index (χ0) is 16.3. The maximum atomic E-state index is 12.7. The Kier molecular flexibility index (Phi) is 5.93. The lowest BCUT2D eigenvalue weighted by molar-refractivity contribution is -0.130. The van der Waals surface area contributed by atoms with Crippen molar-refractivity contribution in [1.29, 1.82) is 0 Å². The van der Waals surface area contributed by atoms with E-state index in [0.717, 1.165) is 11.4 Å². The van der Waals surface area contributed by atoms with E-state index in [1.165, 1.54) is 0 Å². The van der Waals surface area contributed by atoms with E-state index in [1.54, 1.807) is 0 Å². The maximum Gasteiger partial charge on any atom is 0.232 e. The van der Waals surface area contributed by atoms with Gasteiger partial charge in [-0.05, 0) is 31.9 Å². The second-order valence-corrected chi connectivity index (χ2v) is 5.88. The third kappa shape index (κ3) is 3.75. The Bertz CT molecular complexity index is 697. The zero-order valence-corrected chi connectivity index (χ0v) is 14.4. The summed E-state index contributed by atoms with van der Waals surface area (Å²) in [5.41, 5.74) is 6.89. The van der Waals surface area contributed by atoms with Crippen molar-refractivity contribution in [1.82, 2.24) is 15.2 Å². The third-order valence-electron chi connectivity index (χ3n) is 4.30. The van der Waals surface area contributed by atoms with Crippen LogP contribution in [0, 0.1) is 12.3 Å². The van der Waals surface area contributed by atoms with Crippen LogP contribution in [0.3, 0.4) is 0 Å². The number of amides is 1. The van der Waals surface area contributed by atoms with E-state index in [1.807, 2.05) is 31.2 Å². The van der Waals surface area contributed by atoms with Crippen LogP contribution in [-0.4, -0.2) is 40.8 Å². The highest BCUT2D eigenvalue weighted by Gasteiger charge is 2.38. The first kappa shape index (κ1) is 18.4. The summed E-state index contributed by atoms with van der Waals surface area (Å²) in [5, 5.41) is 9.94. The van der Waals surface area contributed by atoms with Crippen molar-refractivity contribution in [3.8, 4) is 11.4 Å². The number of nitrogens with two attached hydrogens (primary N) is 1. The second kappa shape index (κ2) is 7.74. The van der Waals surface area contributed by atoms with E-state index in [2.05, 4.69) is 20.5 Å². The Morgan fingerprint density at radius 3 is 2.79 bits per heavy atom. The number of rotatable bonds is 4. The summed E-state index contributed by atoms with van der Waals surface area (Å²) in [5.74, 6) is 1.31. The first-order valence-electron chi connectivity index (χ1n) is 7.72. The average molecular weight is 352 g/mol. The number of ether oxygens (including phenoxy) is 1. The summed E-state index contributed by atoms with van der Waals surface area (Å²) < 4.78 is 5.35. The summed E-state index contributed by atoms with van der Waals surface area (Å²) in [7, 11) is 0. The molecule has 3 rings (SSSR count). The molecule has 0 bridgehead atoms. The van der Waals surface area contributed by atoms with Crippen molar-refractivity contribution in [3.63, 3.8) is 0 Å². The first-order chi connectivity index (χ1) is 11.1. The van der Waals surface area contributed by atoms with Gasteiger partial charge in [-0.25, -0.2) is 4.98 Å². The van der Waals surface area contributed by atoms with Gasteiger partial charge in [-0.1, -0.05) is 12.1 Å². The molecule has 1 saturated heterocycles. The fourth-order valence-electron chi connectivity index (χ4n) is 2.76. The van der Waals surface area contributed by atoms with Crippen LogP contribution in [0.2, 0.25) is 0 Å². The largest absolute Gasteiger partial charge is 0.381 e. The predicted octanol–water partition coefficient (Wildman–Crippen LogP) is 1.90. The molecule has 7 nitrogen and oxygen atoms in total. The molecule has 24 heavy (non-hydrogen) atoms. The highest BCUT2D eigenvalue weighted by atomic mass is 35.5. The van der Waals surface area contributed by atoms with E-state index in [0.29, 0.717) is 44.1 Å². The van der Waals surface area contributed by atoms with Crippen molar-refractivity contribution in [3.05, 3.63) is 30.1 Å². The Morgan fingerprint density at radius 2 is 2.17 bits per heavy atom. The van der Waals surface area contributed by atoms with Crippen LogP contribution in [0.15, 0.2) is 24.3 Å². The minimum Gasteiger partial charge on any atom is -0.381 e. The third-order valence-corrected chi connectivity index (χ3v) is 4.30. The van der Waals surface area contributed by atoms with Gasteiger partial charge in [0.25, 0.3) is 0 Å². The maximum absolute atomic E-state index is 12.7. The molecule has 130 valence electrons. The average Bonchev–Trinajstić information content (AvgIpc) is 3.02. The number of carbonyl (C=O) groups excluding carboxylic acids is 1. The molecule has 1 aromatic heterocycles. The van der Waals surface area contributed by atoms with Gasteiger partial charge in [-0.2, -0.15) is 5.10 Å². The van der Waals surface area contributed by atoms with Gasteiger partial charge in [0.15, 0.2) is 5.82 Å². The molecule has 8 heteroatoms. The van der Waals surface area contributed by atoms with E-state index in [9.17, 15) is 4.79 Å². The van der Waals surface area contributed by atoms with Crippen molar-refractivity contribution in [2.24, 2.45) is 11.1 Å². The summed E-state index contributed by atoms with van der Waals surface area (Å²) in [6, 6.07) is 7.50. The lowest BCUT2D eigenvalue weighted by Crippen LogP contribution is -2.46. The number of carbonyl (C=O) groups is 1. The lowest BCUT2D eigenvalue weighted by atomic mass is 9.79. The minimum atomic E-state index is -0.546. The number of aryl methyl sites for hydroxylation is 1. The molecule has 1 amide bonds. The molecular formula is C16H22ClN5O2. The Balaban J connectivity index is 0.00000208. The fraction of sp³-hybridized carbons (Fsp3) is 0.438. The van der Waals surface area contributed by atoms with Crippen LogP contribution in [0.25, 0.3) is 11.4 Å². The van der Waals surface area contributed by atoms with Crippen molar-refractivity contribution in [2.45, 2.75) is 19.8 Å². The molecule has 2 heterocycles. The monoisotopic (exact) mass is 351 g/mol. The molecule has 1 aromatic carbocycles. The van der Waals surface area contributed by atoms with E-state index in [4.69, 9.17) is 10.5 Å². The molecule has 0 unspecified atom stereocenters. The highest BCUT2D eigenvalue weighted by molar-refractivity contribution is 5.96. The lowest BCUT2D eigenvalue weighted by Gasteiger charge is -2.34. The van der Waals surface area contributed by atoms with Gasteiger partial charge in [0.05, 0.1) is 5.41 Å². The van der Waals surface area contributed by atoms with Crippen LogP contribution in [-0.2, 0) is 9.53 Å². The molecule has 2 aromatic rings. The summed E-state index contributed by atoms with van der Waals surface area (Å²) in [6.45, 7) is 3.31. The molecule has 0 spiro atoms. The Labute approximate surface area is 146 Å². The van der Waals surface area contributed by atoms with Crippen LogP contribution in [0.1, 0.15) is 18.7 Å². The highest BCUT2D eigenvalue weighted by Crippen LogP contribution is 2.31. The SMILES string of the molecule is Cc1nc(-c2cccc(NC(=O)C3(CN)CCOCC3)c2)n[nH]1.Cl. The van der Waals surface area contributed by atoms with Crippen molar-refractivity contribution in [2.75, 3.05) is 25.1 Å². The molecular weight excluding hydrogens is 330 g/mol. The fourth-order valence-corrected chi connectivity index (χ4v) is 2.76. The summed E-state index contributed by atoms with van der Waals surface area (Å²) in [4.78, 5) is 17.0. The van der Waals surface area contributed by atoms with E-state index < -0.39 is 5.41 Å². The van der Waals surface area contributed by atoms with Crippen LogP contribution in [0.5, 0.6) is 0 Å². The quantitative estimate of drug-likeness (QED) is 0.780. The molecule has 0 aliphatic carbocycles. The topological polar surface area (TPSA) is 106 Å². The number of benzene rings is 1. The molecule has 0 atom stereocenters. The van der Waals surface area contributed by atoms with Crippen LogP contribution < -0.4 is 11.1 Å². The van der Waals surface area contributed by atoms with Gasteiger partial charge in [0.2, 0.25) is 5.91 Å². The number of nitrogens with one attached hydrogen (secondary N) is 2. The summed E-state index contributed by atoms with van der Waals surface area (Å²) >= 11 is 0. The van der Waals surface area contributed by atoms with Gasteiger partial charge in [-0.3, -0.25) is 9.89 Å². The number of H-pyrrole nitrogens is 1. The van der Waals surface area contributed by atoms with Gasteiger partial charge in [0, 0.05) is 31.0 Å². The number of hydrogen-bond acceptors (Lipinski definition) is 5. The standard InChI is InChI=1S/C16H21N5O2.ClH/c1-11-18-14(21-20-11)12-3-2-4-13(9-12)19-15(22)16(10-17)5-7-23-8-6-16;/h2-4,9H,5-8,10,17H2,1H3,(H,19,22)(H,18,20,21);1H. The predicted molar refractivity (Wildman–Crippen MR) is 94.0 cm³/mol.